The standard InChI is InChI=1S/C16H24N2O2S/c19-15(11-3-1-4-11)18-10-21-9-14(18)16(20)17-7-12-5-2-6-13(12)8-17/h11-14H,1-10H2/t12-,13-,14+/m1/s1. The first-order chi connectivity index (χ1) is 10.2. The summed E-state index contributed by atoms with van der Waals surface area (Å²) in [6, 6.07) is -0.179. The van der Waals surface area contributed by atoms with E-state index in [0.29, 0.717) is 5.88 Å². The lowest BCUT2D eigenvalue weighted by molar-refractivity contribution is -0.146. The fraction of sp³-hybridized carbons (Fsp3) is 0.875. The van der Waals surface area contributed by atoms with Crippen molar-refractivity contribution in [1.29, 1.82) is 0 Å². The predicted molar refractivity (Wildman–Crippen MR) is 82.7 cm³/mol. The minimum absolute atomic E-state index is 0.179. The maximum Gasteiger partial charge on any atom is 0.246 e. The molecule has 0 radical (unpaired) electrons. The number of nitrogens with zero attached hydrogens (tertiary/aromatic N) is 2. The summed E-state index contributed by atoms with van der Waals surface area (Å²) in [4.78, 5) is 29.3. The van der Waals surface area contributed by atoms with E-state index in [1.165, 1.54) is 25.7 Å². The maximum atomic E-state index is 12.8. The highest BCUT2D eigenvalue weighted by Gasteiger charge is 2.44. The Morgan fingerprint density at radius 2 is 1.57 bits per heavy atom. The van der Waals surface area contributed by atoms with Crippen LogP contribution in [0.25, 0.3) is 0 Å². The zero-order chi connectivity index (χ0) is 14.4. The first-order valence-electron chi connectivity index (χ1n) is 8.41. The fourth-order valence-electron chi connectivity index (χ4n) is 4.38. The maximum absolute atomic E-state index is 12.8. The lowest BCUT2D eigenvalue weighted by atomic mass is 9.84. The first kappa shape index (κ1) is 13.9. The molecule has 2 heterocycles. The Morgan fingerprint density at radius 3 is 2.19 bits per heavy atom. The largest absolute Gasteiger partial charge is 0.340 e. The van der Waals surface area contributed by atoms with Crippen molar-refractivity contribution < 1.29 is 9.59 Å². The van der Waals surface area contributed by atoms with Gasteiger partial charge in [-0.3, -0.25) is 9.59 Å². The van der Waals surface area contributed by atoms with Crippen LogP contribution in [-0.4, -0.2) is 52.4 Å². The molecule has 2 saturated heterocycles. The Bertz CT molecular complexity index is 440. The lowest BCUT2D eigenvalue weighted by Gasteiger charge is -2.33. The zero-order valence-electron chi connectivity index (χ0n) is 12.5. The predicted octanol–water partition coefficient (Wildman–Crippen LogP) is 1.95. The van der Waals surface area contributed by atoms with Gasteiger partial charge in [0.25, 0.3) is 0 Å². The molecular weight excluding hydrogens is 284 g/mol. The van der Waals surface area contributed by atoms with Crippen molar-refractivity contribution in [3.63, 3.8) is 0 Å². The van der Waals surface area contributed by atoms with E-state index >= 15 is 0 Å². The van der Waals surface area contributed by atoms with E-state index in [1.54, 1.807) is 11.8 Å². The molecule has 3 atom stereocenters. The minimum atomic E-state index is -0.179. The number of carbonyl (C=O) groups is 2. The summed E-state index contributed by atoms with van der Waals surface area (Å²) in [7, 11) is 0. The average Bonchev–Trinajstić information content (AvgIpc) is 3.10. The summed E-state index contributed by atoms with van der Waals surface area (Å²) in [5.74, 6) is 3.65. The number of fused-ring (bicyclic) bond motifs is 1. The second-order valence-electron chi connectivity index (χ2n) is 7.15. The van der Waals surface area contributed by atoms with Crippen LogP contribution in [0.3, 0.4) is 0 Å². The number of rotatable bonds is 2. The van der Waals surface area contributed by atoms with Crippen LogP contribution in [-0.2, 0) is 9.59 Å². The van der Waals surface area contributed by atoms with Gasteiger partial charge in [0.15, 0.2) is 0 Å². The van der Waals surface area contributed by atoms with Gasteiger partial charge in [0.2, 0.25) is 11.8 Å². The Hall–Kier alpha value is -0.710. The van der Waals surface area contributed by atoms with Gasteiger partial charge in [0.1, 0.15) is 6.04 Å². The highest BCUT2D eigenvalue weighted by molar-refractivity contribution is 7.99. The SMILES string of the molecule is O=C([C@@H]1CSCN1C(=O)C1CCC1)N1C[C@H]2CCC[C@@H]2C1. The van der Waals surface area contributed by atoms with Crippen LogP contribution in [0.2, 0.25) is 0 Å². The van der Waals surface area contributed by atoms with Crippen molar-refractivity contribution in [2.45, 2.75) is 44.6 Å². The van der Waals surface area contributed by atoms with Gasteiger partial charge in [-0.05, 0) is 37.5 Å². The van der Waals surface area contributed by atoms with Crippen LogP contribution in [0.4, 0.5) is 0 Å². The molecule has 2 aliphatic heterocycles. The number of carbonyl (C=O) groups excluding carboxylic acids is 2. The molecule has 5 heteroatoms. The molecule has 116 valence electrons. The van der Waals surface area contributed by atoms with Crippen molar-refractivity contribution in [3.8, 4) is 0 Å². The zero-order valence-corrected chi connectivity index (χ0v) is 13.3. The van der Waals surface area contributed by atoms with Crippen LogP contribution in [0.5, 0.6) is 0 Å². The molecule has 21 heavy (non-hydrogen) atoms. The summed E-state index contributed by atoms with van der Waals surface area (Å²) in [6.07, 6.45) is 7.13. The molecule has 0 aromatic rings. The van der Waals surface area contributed by atoms with Gasteiger partial charge < -0.3 is 9.80 Å². The third-order valence-electron chi connectivity index (χ3n) is 5.94. The number of thioether (sulfide) groups is 1. The Kier molecular flexibility index (Phi) is 3.64. The van der Waals surface area contributed by atoms with Gasteiger partial charge >= 0.3 is 0 Å². The highest BCUT2D eigenvalue weighted by atomic mass is 32.2. The van der Waals surface area contributed by atoms with Crippen LogP contribution in [0.15, 0.2) is 0 Å². The van der Waals surface area contributed by atoms with Crippen LogP contribution >= 0.6 is 11.8 Å². The second-order valence-corrected chi connectivity index (χ2v) is 8.15. The molecule has 0 unspecified atom stereocenters. The van der Waals surface area contributed by atoms with E-state index in [0.717, 1.165) is 43.5 Å². The molecule has 4 aliphatic rings. The molecule has 0 bridgehead atoms. The van der Waals surface area contributed by atoms with E-state index in [4.69, 9.17) is 0 Å². The highest BCUT2D eigenvalue weighted by Crippen LogP contribution is 2.39. The lowest BCUT2D eigenvalue weighted by Crippen LogP contribution is -2.50. The van der Waals surface area contributed by atoms with Crippen LogP contribution < -0.4 is 0 Å². The van der Waals surface area contributed by atoms with Gasteiger partial charge in [-0.1, -0.05) is 12.8 Å². The quantitative estimate of drug-likeness (QED) is 0.783. The average molecular weight is 308 g/mol. The molecule has 2 amide bonds. The summed E-state index contributed by atoms with van der Waals surface area (Å²) in [5.41, 5.74) is 0. The van der Waals surface area contributed by atoms with E-state index in [2.05, 4.69) is 4.90 Å². The molecule has 0 aromatic carbocycles. The van der Waals surface area contributed by atoms with Crippen molar-refractivity contribution >= 4 is 23.6 Å². The number of likely N-dealkylation sites (tertiary alicyclic amines) is 1. The molecule has 4 nitrogen and oxygen atoms in total. The molecule has 0 spiro atoms. The fourth-order valence-corrected chi connectivity index (χ4v) is 5.53. The Balaban J connectivity index is 1.42. The van der Waals surface area contributed by atoms with E-state index in [1.807, 2.05) is 4.90 Å². The van der Waals surface area contributed by atoms with E-state index in [9.17, 15) is 9.59 Å². The molecule has 2 aliphatic carbocycles. The molecule has 0 N–H and O–H groups in total. The van der Waals surface area contributed by atoms with E-state index in [-0.39, 0.29) is 23.8 Å². The van der Waals surface area contributed by atoms with Gasteiger partial charge in [0.05, 0.1) is 5.88 Å². The van der Waals surface area contributed by atoms with E-state index < -0.39 is 0 Å². The van der Waals surface area contributed by atoms with Crippen molar-refractivity contribution in [1.82, 2.24) is 9.80 Å². The third kappa shape index (κ3) is 2.37. The smallest absolute Gasteiger partial charge is 0.246 e. The van der Waals surface area contributed by atoms with Gasteiger partial charge in [-0.15, -0.1) is 11.8 Å². The number of hydrogen-bond donors (Lipinski definition) is 0. The molecule has 4 fully saturated rings. The topological polar surface area (TPSA) is 40.6 Å². The van der Waals surface area contributed by atoms with Gasteiger partial charge in [0, 0.05) is 24.8 Å². The van der Waals surface area contributed by atoms with Crippen molar-refractivity contribution in [2.75, 3.05) is 24.7 Å². The Labute approximate surface area is 130 Å². The second kappa shape index (κ2) is 5.49. The number of amides is 2. The van der Waals surface area contributed by atoms with Gasteiger partial charge in [-0.2, -0.15) is 0 Å². The summed E-state index contributed by atoms with van der Waals surface area (Å²) >= 11 is 1.74. The summed E-state index contributed by atoms with van der Waals surface area (Å²) in [6.45, 7) is 1.88. The monoisotopic (exact) mass is 308 g/mol. The molecule has 2 saturated carbocycles. The summed E-state index contributed by atoms with van der Waals surface area (Å²) < 4.78 is 0. The van der Waals surface area contributed by atoms with Crippen LogP contribution in [0, 0.1) is 17.8 Å². The van der Waals surface area contributed by atoms with Crippen LogP contribution in [0.1, 0.15) is 38.5 Å². The van der Waals surface area contributed by atoms with Gasteiger partial charge in [-0.25, -0.2) is 0 Å². The summed E-state index contributed by atoms with van der Waals surface area (Å²) in [5, 5.41) is 0. The minimum Gasteiger partial charge on any atom is -0.340 e. The normalized spacial score (nSPS) is 35.9. The third-order valence-corrected chi connectivity index (χ3v) is 6.96. The Morgan fingerprint density at radius 1 is 0.905 bits per heavy atom. The molecular formula is C16H24N2O2S. The number of hydrogen-bond acceptors (Lipinski definition) is 3. The van der Waals surface area contributed by atoms with Crippen molar-refractivity contribution in [3.05, 3.63) is 0 Å². The molecule has 4 rings (SSSR count). The molecule has 0 aromatic heterocycles. The van der Waals surface area contributed by atoms with Crippen molar-refractivity contribution in [2.24, 2.45) is 17.8 Å². The first-order valence-corrected chi connectivity index (χ1v) is 9.56.